The monoisotopic (exact) mass is 383 g/mol. The highest BCUT2D eigenvalue weighted by atomic mass is 16.5. The van der Waals surface area contributed by atoms with Gasteiger partial charge in [-0.15, -0.1) is 10.2 Å². The van der Waals surface area contributed by atoms with Gasteiger partial charge in [-0.2, -0.15) is 0 Å². The molecule has 1 N–H and O–H groups in total. The minimum atomic E-state index is -0.176. The number of aromatic nitrogens is 2. The Labute approximate surface area is 169 Å². The molecule has 0 radical (unpaired) electrons. The van der Waals surface area contributed by atoms with Gasteiger partial charge in [-0.05, 0) is 36.8 Å². The summed E-state index contributed by atoms with van der Waals surface area (Å²) in [5.74, 6) is 0.608. The highest BCUT2D eigenvalue weighted by Gasteiger charge is 2.19. The number of nitrogens with one attached hydrogen (secondary N) is 1. The standard InChI is InChI=1S/C24H21N3O2/c1-16-8-13-21-20(14-16)22(23(27-26-21)18-6-4-3-5-7-18)24(28)25-15-17-9-11-19(29-2)12-10-17/h3-14H,15H2,1-2H3,(H,25,28). The molecule has 5 nitrogen and oxygen atoms in total. The van der Waals surface area contributed by atoms with Crippen molar-refractivity contribution in [1.29, 1.82) is 0 Å². The molecule has 0 spiro atoms. The molecule has 0 bridgehead atoms. The number of carbonyl (C=O) groups excluding carboxylic acids is 1. The summed E-state index contributed by atoms with van der Waals surface area (Å²) in [6.07, 6.45) is 0. The van der Waals surface area contributed by atoms with E-state index < -0.39 is 0 Å². The SMILES string of the molecule is COc1ccc(CNC(=O)c2c(-c3ccccc3)nnc3ccc(C)cc23)cc1. The van der Waals surface area contributed by atoms with Crippen molar-refractivity contribution in [2.45, 2.75) is 13.5 Å². The minimum Gasteiger partial charge on any atom is -0.497 e. The first kappa shape index (κ1) is 18.6. The lowest BCUT2D eigenvalue weighted by atomic mass is 10.00. The van der Waals surface area contributed by atoms with Crippen molar-refractivity contribution in [2.24, 2.45) is 0 Å². The zero-order valence-electron chi connectivity index (χ0n) is 16.3. The van der Waals surface area contributed by atoms with Crippen LogP contribution in [0.15, 0.2) is 72.8 Å². The van der Waals surface area contributed by atoms with E-state index in [1.165, 1.54) is 0 Å². The summed E-state index contributed by atoms with van der Waals surface area (Å²) >= 11 is 0. The maximum atomic E-state index is 13.3. The largest absolute Gasteiger partial charge is 0.497 e. The van der Waals surface area contributed by atoms with Crippen LogP contribution in [0.1, 0.15) is 21.5 Å². The summed E-state index contributed by atoms with van der Waals surface area (Å²) < 4.78 is 5.19. The predicted octanol–water partition coefficient (Wildman–Crippen LogP) is 4.54. The van der Waals surface area contributed by atoms with Crippen molar-refractivity contribution in [3.63, 3.8) is 0 Å². The van der Waals surface area contributed by atoms with E-state index in [0.717, 1.165) is 27.8 Å². The van der Waals surface area contributed by atoms with E-state index in [0.29, 0.717) is 23.3 Å². The topological polar surface area (TPSA) is 64.1 Å². The first-order valence-electron chi connectivity index (χ1n) is 9.39. The quantitative estimate of drug-likeness (QED) is 0.549. The molecule has 1 amide bonds. The van der Waals surface area contributed by atoms with Gasteiger partial charge in [0.05, 0.1) is 18.2 Å². The van der Waals surface area contributed by atoms with Crippen LogP contribution in [0.2, 0.25) is 0 Å². The first-order valence-corrected chi connectivity index (χ1v) is 9.39. The van der Waals surface area contributed by atoms with Gasteiger partial charge in [0.25, 0.3) is 5.91 Å². The van der Waals surface area contributed by atoms with Crippen molar-refractivity contribution in [1.82, 2.24) is 15.5 Å². The molecule has 1 heterocycles. The molecule has 5 heteroatoms. The average molecular weight is 383 g/mol. The molecule has 0 aliphatic heterocycles. The second kappa shape index (κ2) is 8.10. The summed E-state index contributed by atoms with van der Waals surface area (Å²) in [6.45, 7) is 2.41. The number of benzene rings is 3. The molecule has 0 atom stereocenters. The molecule has 0 aliphatic rings. The lowest BCUT2D eigenvalue weighted by Gasteiger charge is -2.13. The summed E-state index contributed by atoms with van der Waals surface area (Å²) in [5.41, 5.74) is 4.73. The summed E-state index contributed by atoms with van der Waals surface area (Å²) in [5, 5.41) is 12.5. The maximum Gasteiger partial charge on any atom is 0.254 e. The number of hydrogen-bond acceptors (Lipinski definition) is 4. The highest BCUT2D eigenvalue weighted by molar-refractivity contribution is 6.10. The number of carbonyl (C=O) groups is 1. The fourth-order valence-corrected chi connectivity index (χ4v) is 3.26. The van der Waals surface area contributed by atoms with Crippen LogP contribution in [-0.4, -0.2) is 23.2 Å². The van der Waals surface area contributed by atoms with Crippen LogP contribution >= 0.6 is 0 Å². The molecular formula is C24H21N3O2. The number of ether oxygens (including phenoxy) is 1. The fraction of sp³-hybridized carbons (Fsp3) is 0.125. The lowest BCUT2D eigenvalue weighted by Crippen LogP contribution is -2.24. The Hall–Kier alpha value is -3.73. The zero-order chi connectivity index (χ0) is 20.2. The smallest absolute Gasteiger partial charge is 0.254 e. The average Bonchev–Trinajstić information content (AvgIpc) is 2.77. The molecule has 4 rings (SSSR count). The maximum absolute atomic E-state index is 13.3. The van der Waals surface area contributed by atoms with E-state index >= 15 is 0 Å². The predicted molar refractivity (Wildman–Crippen MR) is 114 cm³/mol. The molecule has 0 saturated carbocycles. The first-order chi connectivity index (χ1) is 14.2. The van der Waals surface area contributed by atoms with Crippen LogP contribution in [0.4, 0.5) is 0 Å². The van der Waals surface area contributed by atoms with Crippen LogP contribution in [0.3, 0.4) is 0 Å². The van der Waals surface area contributed by atoms with Gasteiger partial charge in [0, 0.05) is 17.5 Å². The van der Waals surface area contributed by atoms with E-state index in [4.69, 9.17) is 4.74 Å². The number of rotatable bonds is 5. The van der Waals surface area contributed by atoms with Crippen LogP contribution in [0.5, 0.6) is 5.75 Å². The summed E-state index contributed by atoms with van der Waals surface area (Å²) in [7, 11) is 1.63. The molecule has 0 aliphatic carbocycles. The number of fused-ring (bicyclic) bond motifs is 1. The number of hydrogen-bond donors (Lipinski definition) is 1. The van der Waals surface area contributed by atoms with E-state index in [2.05, 4.69) is 15.5 Å². The molecule has 0 unspecified atom stereocenters. The Balaban J connectivity index is 1.73. The molecule has 1 aromatic heterocycles. The fourth-order valence-electron chi connectivity index (χ4n) is 3.26. The van der Waals surface area contributed by atoms with Crippen molar-refractivity contribution in [3.05, 3.63) is 89.5 Å². The third-order valence-corrected chi connectivity index (χ3v) is 4.80. The van der Waals surface area contributed by atoms with Crippen molar-refractivity contribution < 1.29 is 9.53 Å². The Bertz CT molecular complexity index is 1160. The van der Waals surface area contributed by atoms with Crippen molar-refractivity contribution in [3.8, 4) is 17.0 Å². The Kier molecular flexibility index (Phi) is 5.20. The summed E-state index contributed by atoms with van der Waals surface area (Å²) in [6, 6.07) is 23.1. The second-order valence-electron chi connectivity index (χ2n) is 6.84. The van der Waals surface area contributed by atoms with Gasteiger partial charge < -0.3 is 10.1 Å². The molecular weight excluding hydrogens is 362 g/mol. The van der Waals surface area contributed by atoms with Crippen LogP contribution in [0.25, 0.3) is 22.2 Å². The Morgan fingerprint density at radius 3 is 2.45 bits per heavy atom. The van der Waals surface area contributed by atoms with E-state index in [9.17, 15) is 4.79 Å². The van der Waals surface area contributed by atoms with Gasteiger partial charge >= 0.3 is 0 Å². The number of amides is 1. The van der Waals surface area contributed by atoms with Gasteiger partial charge in [-0.25, -0.2) is 0 Å². The molecule has 3 aromatic carbocycles. The van der Waals surface area contributed by atoms with Gasteiger partial charge in [0.15, 0.2) is 0 Å². The van der Waals surface area contributed by atoms with Gasteiger partial charge in [0.1, 0.15) is 11.4 Å². The van der Waals surface area contributed by atoms with Gasteiger partial charge in [0.2, 0.25) is 0 Å². The Morgan fingerprint density at radius 1 is 0.966 bits per heavy atom. The molecule has 0 fully saturated rings. The zero-order valence-corrected chi connectivity index (χ0v) is 16.3. The summed E-state index contributed by atoms with van der Waals surface area (Å²) in [4.78, 5) is 13.3. The van der Waals surface area contributed by atoms with Crippen LogP contribution in [0, 0.1) is 6.92 Å². The van der Waals surface area contributed by atoms with Gasteiger partial charge in [-0.1, -0.05) is 54.1 Å². The Morgan fingerprint density at radius 2 is 1.72 bits per heavy atom. The third kappa shape index (κ3) is 3.94. The van der Waals surface area contributed by atoms with E-state index in [1.807, 2.05) is 79.7 Å². The molecule has 144 valence electrons. The van der Waals surface area contributed by atoms with Crippen molar-refractivity contribution >= 4 is 16.8 Å². The minimum absolute atomic E-state index is 0.176. The lowest BCUT2D eigenvalue weighted by molar-refractivity contribution is 0.0953. The molecule has 0 saturated heterocycles. The number of methoxy groups -OCH3 is 1. The highest BCUT2D eigenvalue weighted by Crippen LogP contribution is 2.27. The number of nitrogens with zero attached hydrogens (tertiary/aromatic N) is 2. The van der Waals surface area contributed by atoms with E-state index in [1.54, 1.807) is 7.11 Å². The second-order valence-corrected chi connectivity index (χ2v) is 6.84. The van der Waals surface area contributed by atoms with Gasteiger partial charge in [-0.3, -0.25) is 4.79 Å². The molecule has 4 aromatic rings. The van der Waals surface area contributed by atoms with Crippen molar-refractivity contribution in [2.75, 3.05) is 7.11 Å². The normalized spacial score (nSPS) is 10.7. The number of aryl methyl sites for hydroxylation is 1. The van der Waals surface area contributed by atoms with E-state index in [-0.39, 0.29) is 5.91 Å². The van der Waals surface area contributed by atoms with Crippen LogP contribution < -0.4 is 10.1 Å². The third-order valence-electron chi connectivity index (χ3n) is 4.80. The van der Waals surface area contributed by atoms with Crippen LogP contribution in [-0.2, 0) is 6.54 Å². The molecule has 29 heavy (non-hydrogen) atoms.